The Labute approximate surface area is 138 Å². The highest BCUT2D eigenvalue weighted by molar-refractivity contribution is 5.40. The lowest BCUT2D eigenvalue weighted by molar-refractivity contribution is 0.132. The lowest BCUT2D eigenvalue weighted by Gasteiger charge is -2.38. The van der Waals surface area contributed by atoms with Gasteiger partial charge in [-0.2, -0.15) is 10.5 Å². The Bertz CT molecular complexity index is 518. The van der Waals surface area contributed by atoms with Gasteiger partial charge in [0.2, 0.25) is 0 Å². The summed E-state index contributed by atoms with van der Waals surface area (Å²) in [7, 11) is 0. The van der Waals surface area contributed by atoms with E-state index in [0.717, 1.165) is 50.9 Å². The van der Waals surface area contributed by atoms with Gasteiger partial charge < -0.3 is 19.8 Å². The van der Waals surface area contributed by atoms with E-state index in [2.05, 4.69) is 26.8 Å². The van der Waals surface area contributed by atoms with Crippen LogP contribution in [0.5, 0.6) is 0 Å². The first-order chi connectivity index (χ1) is 11.3. The molecule has 0 atom stereocenters. The number of allylic oxidation sites excluding steroid dienone is 1. The van der Waals surface area contributed by atoms with Crippen molar-refractivity contribution in [3.05, 3.63) is 11.4 Å². The van der Waals surface area contributed by atoms with Gasteiger partial charge in [-0.3, -0.25) is 0 Å². The van der Waals surface area contributed by atoms with E-state index in [4.69, 9.17) is 5.11 Å². The molecule has 3 rings (SSSR count). The molecule has 6 nitrogen and oxygen atoms in total. The average Bonchev–Trinajstić information content (AvgIpc) is 3.36. The van der Waals surface area contributed by atoms with Crippen LogP contribution in [0.3, 0.4) is 0 Å². The molecular formula is C17H25N5O. The van der Waals surface area contributed by atoms with Crippen molar-refractivity contribution in [1.29, 1.82) is 10.5 Å². The molecule has 3 fully saturated rings. The summed E-state index contributed by atoms with van der Waals surface area (Å²) in [5.41, 5.74) is 0.213. The molecule has 0 unspecified atom stereocenters. The van der Waals surface area contributed by atoms with Gasteiger partial charge in [-0.15, -0.1) is 0 Å². The Balaban J connectivity index is 1.71. The fraction of sp³-hybridized carbons (Fsp3) is 0.765. The summed E-state index contributed by atoms with van der Waals surface area (Å²) >= 11 is 0. The zero-order valence-electron chi connectivity index (χ0n) is 13.6. The van der Waals surface area contributed by atoms with Gasteiger partial charge in [-0.25, -0.2) is 0 Å². The molecule has 0 spiro atoms. The zero-order valence-corrected chi connectivity index (χ0v) is 13.6. The van der Waals surface area contributed by atoms with Gasteiger partial charge in [0.1, 0.15) is 18.0 Å². The molecular weight excluding hydrogens is 290 g/mol. The number of hydrogen-bond donors (Lipinski definition) is 1. The topological polar surface area (TPSA) is 77.5 Å². The zero-order chi connectivity index (χ0) is 16.2. The average molecular weight is 315 g/mol. The van der Waals surface area contributed by atoms with Crippen molar-refractivity contribution in [1.82, 2.24) is 14.7 Å². The van der Waals surface area contributed by atoms with Crippen molar-refractivity contribution in [3.8, 4) is 12.1 Å². The normalized spacial score (nSPS) is 23.0. The van der Waals surface area contributed by atoms with Gasteiger partial charge in [0.25, 0.3) is 0 Å². The maximum Gasteiger partial charge on any atom is 0.169 e. The van der Waals surface area contributed by atoms with Crippen molar-refractivity contribution in [2.24, 2.45) is 0 Å². The molecule has 0 amide bonds. The predicted octanol–water partition coefficient (Wildman–Crippen LogP) is 0.872. The standard InChI is InChI=1S/C17H25N5O/c18-12-14(13-19)17-21(6-1-11-23)9-10-22(17)16-4-7-20(8-5-16)15-2-3-15/h15-16,23H,1-11H2. The van der Waals surface area contributed by atoms with Crippen LogP contribution in [0.15, 0.2) is 11.4 Å². The van der Waals surface area contributed by atoms with Gasteiger partial charge in [-0.1, -0.05) is 0 Å². The molecule has 23 heavy (non-hydrogen) atoms. The molecule has 1 N–H and O–H groups in total. The van der Waals surface area contributed by atoms with E-state index in [0.29, 0.717) is 19.0 Å². The SMILES string of the molecule is N#CC(C#N)=C1N(CCCO)CCN1C1CCN(C2CC2)CC1. The molecule has 0 radical (unpaired) electrons. The molecule has 2 heterocycles. The van der Waals surface area contributed by atoms with Gasteiger partial charge in [0.15, 0.2) is 5.57 Å². The van der Waals surface area contributed by atoms with Gasteiger partial charge in [0.05, 0.1) is 0 Å². The first-order valence-corrected chi connectivity index (χ1v) is 8.69. The van der Waals surface area contributed by atoms with Crippen molar-refractivity contribution >= 4 is 0 Å². The molecule has 0 aromatic carbocycles. The van der Waals surface area contributed by atoms with E-state index in [1.54, 1.807) is 0 Å². The lowest BCUT2D eigenvalue weighted by atomic mass is 10.0. The third-order valence-corrected chi connectivity index (χ3v) is 5.22. The van der Waals surface area contributed by atoms with Crippen LogP contribution in [0, 0.1) is 22.7 Å². The monoisotopic (exact) mass is 315 g/mol. The second-order valence-electron chi connectivity index (χ2n) is 6.68. The van der Waals surface area contributed by atoms with Crippen molar-refractivity contribution in [3.63, 3.8) is 0 Å². The summed E-state index contributed by atoms with van der Waals surface area (Å²) in [6.07, 6.45) is 5.58. The number of piperidine rings is 1. The summed E-state index contributed by atoms with van der Waals surface area (Å²) in [6, 6.07) is 5.38. The lowest BCUT2D eigenvalue weighted by Crippen LogP contribution is -2.44. The van der Waals surface area contributed by atoms with Crippen molar-refractivity contribution < 1.29 is 5.11 Å². The highest BCUT2D eigenvalue weighted by atomic mass is 16.3. The van der Waals surface area contributed by atoms with Crippen molar-refractivity contribution in [2.45, 2.75) is 44.2 Å². The van der Waals surface area contributed by atoms with Crippen LogP contribution < -0.4 is 0 Å². The van der Waals surface area contributed by atoms with E-state index >= 15 is 0 Å². The maximum absolute atomic E-state index is 9.33. The van der Waals surface area contributed by atoms with Crippen LogP contribution >= 0.6 is 0 Å². The molecule has 3 aliphatic rings. The number of aliphatic hydroxyl groups excluding tert-OH is 1. The molecule has 124 valence electrons. The third-order valence-electron chi connectivity index (χ3n) is 5.22. The number of nitriles is 2. The second kappa shape index (κ2) is 7.21. The van der Waals surface area contributed by atoms with E-state index in [1.807, 2.05) is 0 Å². The minimum absolute atomic E-state index is 0.137. The second-order valence-corrected chi connectivity index (χ2v) is 6.68. The summed E-state index contributed by atoms with van der Waals surface area (Å²) in [5.74, 6) is 0.799. The summed E-state index contributed by atoms with van der Waals surface area (Å²) in [6.45, 7) is 4.81. The van der Waals surface area contributed by atoms with Crippen LogP contribution in [-0.4, -0.2) is 71.2 Å². The molecule has 0 bridgehead atoms. The van der Waals surface area contributed by atoms with E-state index in [1.165, 1.54) is 12.8 Å². The number of rotatable bonds is 5. The molecule has 0 aromatic rings. The Hall–Kier alpha value is -1.76. The van der Waals surface area contributed by atoms with Gasteiger partial charge in [0, 0.05) is 51.4 Å². The van der Waals surface area contributed by atoms with Crippen LogP contribution in [0.4, 0.5) is 0 Å². The fourth-order valence-corrected chi connectivity index (χ4v) is 3.89. The highest BCUT2D eigenvalue weighted by Crippen LogP contribution is 2.33. The molecule has 1 saturated carbocycles. The Morgan fingerprint density at radius 3 is 2.26 bits per heavy atom. The molecule has 0 aromatic heterocycles. The largest absolute Gasteiger partial charge is 0.396 e. The molecule has 6 heteroatoms. The minimum atomic E-state index is 0.137. The Morgan fingerprint density at radius 2 is 1.70 bits per heavy atom. The van der Waals surface area contributed by atoms with Crippen LogP contribution in [0.1, 0.15) is 32.1 Å². The van der Waals surface area contributed by atoms with Gasteiger partial charge in [-0.05, 0) is 32.1 Å². The quantitative estimate of drug-likeness (QED) is 0.759. The first-order valence-electron chi connectivity index (χ1n) is 8.69. The van der Waals surface area contributed by atoms with E-state index < -0.39 is 0 Å². The predicted molar refractivity (Wildman–Crippen MR) is 85.9 cm³/mol. The van der Waals surface area contributed by atoms with Crippen LogP contribution in [0.2, 0.25) is 0 Å². The fourth-order valence-electron chi connectivity index (χ4n) is 3.89. The van der Waals surface area contributed by atoms with Crippen LogP contribution in [-0.2, 0) is 0 Å². The van der Waals surface area contributed by atoms with Gasteiger partial charge >= 0.3 is 0 Å². The number of likely N-dealkylation sites (tertiary alicyclic amines) is 1. The minimum Gasteiger partial charge on any atom is -0.396 e. The van der Waals surface area contributed by atoms with E-state index in [9.17, 15) is 10.5 Å². The maximum atomic E-state index is 9.33. The number of aliphatic hydroxyl groups is 1. The first kappa shape index (κ1) is 16.1. The summed E-state index contributed by atoms with van der Waals surface area (Å²) in [5, 5.41) is 27.7. The Morgan fingerprint density at radius 1 is 1.00 bits per heavy atom. The summed E-state index contributed by atoms with van der Waals surface area (Å²) < 4.78 is 0. The smallest absolute Gasteiger partial charge is 0.169 e. The van der Waals surface area contributed by atoms with Crippen molar-refractivity contribution in [2.75, 3.05) is 39.3 Å². The number of hydrogen-bond acceptors (Lipinski definition) is 6. The third kappa shape index (κ3) is 3.44. The number of nitrogens with zero attached hydrogens (tertiary/aromatic N) is 5. The summed E-state index contributed by atoms with van der Waals surface area (Å²) in [4.78, 5) is 6.98. The van der Waals surface area contributed by atoms with E-state index in [-0.39, 0.29) is 12.2 Å². The molecule has 2 saturated heterocycles. The molecule has 2 aliphatic heterocycles. The highest BCUT2D eigenvalue weighted by Gasteiger charge is 2.37. The van der Waals surface area contributed by atoms with Crippen LogP contribution in [0.25, 0.3) is 0 Å². The Kier molecular flexibility index (Phi) is 5.05. The molecule has 1 aliphatic carbocycles.